The molecule has 2 aromatic heterocycles. The highest BCUT2D eigenvalue weighted by Crippen LogP contribution is 2.31. The summed E-state index contributed by atoms with van der Waals surface area (Å²) in [5.74, 6) is -1.21. The molecule has 0 unspecified atom stereocenters. The number of likely N-dealkylation sites (tertiary alicyclic amines) is 1. The zero-order valence-corrected chi connectivity index (χ0v) is 23.1. The first kappa shape index (κ1) is 28.9. The van der Waals surface area contributed by atoms with Crippen LogP contribution in [0.15, 0.2) is 29.1 Å². The molecular weight excluding hydrogens is 521 g/mol. The van der Waals surface area contributed by atoms with E-state index in [4.69, 9.17) is 9.84 Å². The maximum atomic E-state index is 13.9. The summed E-state index contributed by atoms with van der Waals surface area (Å²) < 4.78 is 22.2. The molecule has 0 bridgehead atoms. The molecule has 0 atom stereocenters. The lowest BCUT2D eigenvalue weighted by Crippen LogP contribution is -2.47. The predicted molar refractivity (Wildman–Crippen MR) is 145 cm³/mol. The van der Waals surface area contributed by atoms with Gasteiger partial charge in [0.05, 0.1) is 12.6 Å². The van der Waals surface area contributed by atoms with Crippen molar-refractivity contribution in [2.45, 2.75) is 58.7 Å². The molecule has 1 aliphatic heterocycles. The van der Waals surface area contributed by atoms with E-state index < -0.39 is 23.9 Å². The standard InChI is InChI=1S/C28H34FN5O6/c1-5-21-31-26-23(28(39)34(21)14-20(36)17-6-8-18(29)9-7-17)25(40-16(2)3)24(32(26)4)27(38)30-19-10-12-33(13-11-19)22(37)15-35/h6-9,16,19,35H,5,10-15H2,1-4H3,(H,30,38). The summed E-state index contributed by atoms with van der Waals surface area (Å²) in [4.78, 5) is 58.4. The van der Waals surface area contributed by atoms with Crippen molar-refractivity contribution < 1.29 is 28.6 Å². The zero-order chi connectivity index (χ0) is 29.1. The number of piperidine rings is 1. The number of Topliss-reactive ketones (excluding diaryl/α,β-unsaturated/α-hetero) is 1. The first-order chi connectivity index (χ1) is 19.0. The highest BCUT2D eigenvalue weighted by Gasteiger charge is 2.31. The van der Waals surface area contributed by atoms with Gasteiger partial charge in [-0.1, -0.05) is 6.92 Å². The van der Waals surface area contributed by atoms with Gasteiger partial charge < -0.3 is 24.6 Å². The Morgan fingerprint density at radius 1 is 1.18 bits per heavy atom. The summed E-state index contributed by atoms with van der Waals surface area (Å²) in [6.07, 6.45) is 1.00. The van der Waals surface area contributed by atoms with Crippen molar-refractivity contribution in [1.82, 2.24) is 24.3 Å². The molecule has 11 nitrogen and oxygen atoms in total. The van der Waals surface area contributed by atoms with Gasteiger partial charge in [0, 0.05) is 38.2 Å². The molecule has 0 spiro atoms. The number of carbonyl (C=O) groups is 3. The van der Waals surface area contributed by atoms with E-state index in [1.807, 2.05) is 6.92 Å². The van der Waals surface area contributed by atoms with Crippen LogP contribution in [0.3, 0.4) is 0 Å². The smallest absolute Gasteiger partial charge is 0.272 e. The van der Waals surface area contributed by atoms with Crippen LogP contribution in [-0.4, -0.2) is 73.6 Å². The number of ether oxygens (including phenoxy) is 1. The van der Waals surface area contributed by atoms with Crippen LogP contribution in [0.2, 0.25) is 0 Å². The van der Waals surface area contributed by atoms with Gasteiger partial charge in [-0.3, -0.25) is 23.7 Å². The van der Waals surface area contributed by atoms with Crippen molar-refractivity contribution in [2.75, 3.05) is 19.7 Å². The van der Waals surface area contributed by atoms with E-state index in [0.29, 0.717) is 38.2 Å². The van der Waals surface area contributed by atoms with Gasteiger partial charge in [-0.25, -0.2) is 9.37 Å². The van der Waals surface area contributed by atoms with Crippen molar-refractivity contribution in [3.05, 3.63) is 57.5 Å². The van der Waals surface area contributed by atoms with E-state index >= 15 is 0 Å². The molecule has 0 saturated carbocycles. The first-order valence-electron chi connectivity index (χ1n) is 13.3. The first-order valence-corrected chi connectivity index (χ1v) is 13.3. The Hall–Kier alpha value is -4.06. The number of rotatable bonds is 9. The number of benzene rings is 1. The molecule has 12 heteroatoms. The molecule has 1 fully saturated rings. The lowest BCUT2D eigenvalue weighted by atomic mass is 10.0. The van der Waals surface area contributed by atoms with Crippen LogP contribution in [0.25, 0.3) is 11.0 Å². The molecule has 1 saturated heterocycles. The fraction of sp³-hybridized carbons (Fsp3) is 0.464. The SMILES string of the molecule is CCc1nc2c(c(OC(C)C)c(C(=O)NC3CCN(C(=O)CO)CC3)n2C)c(=O)n1CC(=O)c1ccc(F)cc1. The van der Waals surface area contributed by atoms with E-state index in [1.54, 1.807) is 25.8 Å². The zero-order valence-electron chi connectivity index (χ0n) is 23.1. The van der Waals surface area contributed by atoms with E-state index in [2.05, 4.69) is 10.3 Å². The number of halogens is 1. The van der Waals surface area contributed by atoms with Crippen LogP contribution in [0.5, 0.6) is 5.75 Å². The van der Waals surface area contributed by atoms with Crippen molar-refractivity contribution in [1.29, 1.82) is 0 Å². The summed E-state index contributed by atoms with van der Waals surface area (Å²) in [5, 5.41) is 12.2. The molecular formula is C28H34FN5O6. The Morgan fingerprint density at radius 3 is 2.40 bits per heavy atom. The van der Waals surface area contributed by atoms with Gasteiger partial charge in [-0.15, -0.1) is 0 Å². The normalized spacial score (nSPS) is 14.1. The Bertz CT molecular complexity index is 1490. The number of carbonyl (C=O) groups excluding carboxylic acids is 3. The third kappa shape index (κ3) is 5.76. The average molecular weight is 556 g/mol. The minimum atomic E-state index is -0.553. The molecule has 214 valence electrons. The number of hydrogen-bond donors (Lipinski definition) is 2. The van der Waals surface area contributed by atoms with Gasteiger partial charge in [0.1, 0.15) is 23.6 Å². The molecule has 2 N–H and O–H groups in total. The summed E-state index contributed by atoms with van der Waals surface area (Å²) in [6, 6.07) is 4.88. The Balaban J connectivity index is 1.72. The maximum absolute atomic E-state index is 13.9. The minimum Gasteiger partial charge on any atom is -0.488 e. The van der Waals surface area contributed by atoms with E-state index in [0.717, 1.165) is 0 Å². The Morgan fingerprint density at radius 2 is 1.82 bits per heavy atom. The Labute approximate surface area is 230 Å². The van der Waals surface area contributed by atoms with Crippen LogP contribution < -0.4 is 15.6 Å². The van der Waals surface area contributed by atoms with E-state index in [1.165, 1.54) is 33.4 Å². The van der Waals surface area contributed by atoms with Crippen LogP contribution in [0.4, 0.5) is 4.39 Å². The highest BCUT2D eigenvalue weighted by atomic mass is 19.1. The topological polar surface area (TPSA) is 136 Å². The van der Waals surface area contributed by atoms with Gasteiger partial charge >= 0.3 is 0 Å². The average Bonchev–Trinajstić information content (AvgIpc) is 3.20. The molecule has 1 aromatic carbocycles. The van der Waals surface area contributed by atoms with Crippen molar-refractivity contribution in [3.8, 4) is 5.75 Å². The number of aryl methyl sites for hydroxylation is 2. The van der Waals surface area contributed by atoms with Crippen LogP contribution >= 0.6 is 0 Å². The highest BCUT2D eigenvalue weighted by molar-refractivity contribution is 6.03. The van der Waals surface area contributed by atoms with Crippen LogP contribution in [0, 0.1) is 5.82 Å². The van der Waals surface area contributed by atoms with E-state index in [-0.39, 0.29) is 58.4 Å². The third-order valence-electron chi connectivity index (χ3n) is 7.00. The summed E-state index contributed by atoms with van der Waals surface area (Å²) >= 11 is 0. The predicted octanol–water partition coefficient (Wildman–Crippen LogP) is 1.82. The summed E-state index contributed by atoms with van der Waals surface area (Å²) in [7, 11) is 1.63. The Kier molecular flexibility index (Phi) is 8.67. The number of aromatic nitrogens is 3. The van der Waals surface area contributed by atoms with Gasteiger partial charge in [0.25, 0.3) is 11.5 Å². The number of nitrogens with one attached hydrogen (secondary N) is 1. The summed E-state index contributed by atoms with van der Waals surface area (Å²) in [5.41, 5.74) is 0.135. The fourth-order valence-corrected chi connectivity index (χ4v) is 4.94. The van der Waals surface area contributed by atoms with E-state index in [9.17, 15) is 23.6 Å². The second-order valence-corrected chi connectivity index (χ2v) is 10.1. The number of amides is 2. The number of fused-ring (bicyclic) bond motifs is 1. The van der Waals surface area contributed by atoms with Gasteiger partial charge in [-0.05, 0) is 51.0 Å². The van der Waals surface area contributed by atoms with Crippen LogP contribution in [0.1, 0.15) is 60.3 Å². The quantitative estimate of drug-likeness (QED) is 0.385. The molecule has 3 aromatic rings. The second-order valence-electron chi connectivity index (χ2n) is 10.1. The molecule has 3 heterocycles. The van der Waals surface area contributed by atoms with Crippen molar-refractivity contribution in [2.24, 2.45) is 7.05 Å². The lowest BCUT2D eigenvalue weighted by Gasteiger charge is -2.32. The maximum Gasteiger partial charge on any atom is 0.272 e. The largest absolute Gasteiger partial charge is 0.488 e. The fourth-order valence-electron chi connectivity index (χ4n) is 4.94. The molecule has 0 aliphatic carbocycles. The molecule has 2 amide bonds. The number of aliphatic hydroxyl groups excluding tert-OH is 1. The minimum absolute atomic E-state index is 0.0843. The lowest BCUT2D eigenvalue weighted by molar-refractivity contribution is -0.135. The van der Waals surface area contributed by atoms with Crippen LogP contribution in [-0.2, 0) is 24.8 Å². The number of nitrogens with zero attached hydrogens (tertiary/aromatic N) is 4. The third-order valence-corrected chi connectivity index (χ3v) is 7.00. The molecule has 4 rings (SSSR count). The number of aliphatic hydroxyl groups is 1. The molecule has 40 heavy (non-hydrogen) atoms. The van der Waals surface area contributed by atoms with Gasteiger partial charge in [-0.2, -0.15) is 0 Å². The number of hydrogen-bond acceptors (Lipinski definition) is 7. The molecule has 0 radical (unpaired) electrons. The number of ketones is 1. The molecule has 1 aliphatic rings. The van der Waals surface area contributed by atoms with Gasteiger partial charge in [0.2, 0.25) is 5.91 Å². The second kappa shape index (κ2) is 12.0. The van der Waals surface area contributed by atoms with Gasteiger partial charge in [0.15, 0.2) is 22.9 Å². The monoisotopic (exact) mass is 555 g/mol. The van der Waals surface area contributed by atoms with Crippen molar-refractivity contribution in [3.63, 3.8) is 0 Å². The summed E-state index contributed by atoms with van der Waals surface area (Å²) in [6.45, 7) is 5.31. The van der Waals surface area contributed by atoms with Crippen molar-refractivity contribution >= 4 is 28.6 Å².